The molecule has 27 heavy (non-hydrogen) atoms. The van der Waals surface area contributed by atoms with Crippen molar-refractivity contribution in [2.45, 2.75) is 4.90 Å². The number of imidazole rings is 1. The lowest BCUT2D eigenvalue weighted by atomic mass is 10.3. The van der Waals surface area contributed by atoms with Crippen molar-refractivity contribution >= 4 is 38.8 Å². The van der Waals surface area contributed by atoms with Gasteiger partial charge in [0.2, 0.25) is 0 Å². The summed E-state index contributed by atoms with van der Waals surface area (Å²) >= 11 is 12.1. The molecule has 0 aliphatic rings. The largest absolute Gasteiger partial charge is 0.495 e. The molecule has 0 spiro atoms. The van der Waals surface area contributed by atoms with Crippen LogP contribution in [0.25, 0.3) is 5.69 Å². The van der Waals surface area contributed by atoms with Crippen molar-refractivity contribution in [1.82, 2.24) is 9.55 Å². The van der Waals surface area contributed by atoms with E-state index in [0.29, 0.717) is 10.7 Å². The average Bonchev–Trinajstić information content (AvgIpc) is 3.03. The minimum absolute atomic E-state index is 0.0255. The molecular weight excluding hydrogens is 411 g/mol. The first-order valence-corrected chi connectivity index (χ1v) is 10.1. The quantitative estimate of drug-likeness (QED) is 0.561. The van der Waals surface area contributed by atoms with E-state index in [1.54, 1.807) is 36.4 Å². The molecule has 140 valence electrons. The van der Waals surface area contributed by atoms with Crippen LogP contribution in [0.5, 0.6) is 5.75 Å². The number of nitrogens with zero attached hydrogens (tertiary/aromatic N) is 2. The van der Waals surface area contributed by atoms with Crippen molar-refractivity contribution in [3.8, 4) is 11.4 Å². The number of para-hydroxylation sites is 1. The number of sulfone groups is 1. The van der Waals surface area contributed by atoms with Crippen LogP contribution in [0.4, 0.5) is 0 Å². The Balaban J connectivity index is 1.90. The fraction of sp³-hybridized carbons (Fsp3) is 0.111. The Morgan fingerprint density at radius 1 is 1.11 bits per heavy atom. The zero-order valence-electron chi connectivity index (χ0n) is 14.1. The van der Waals surface area contributed by atoms with Gasteiger partial charge in [-0.2, -0.15) is 0 Å². The molecule has 0 bridgehead atoms. The SMILES string of the molecule is COc1ccccc1S(=O)(=O)CC(=O)c1ncn(-c2ccc(Cl)cc2)c1Cl. The highest BCUT2D eigenvalue weighted by Gasteiger charge is 2.27. The molecule has 0 amide bonds. The fourth-order valence-corrected chi connectivity index (χ4v) is 4.30. The van der Waals surface area contributed by atoms with Gasteiger partial charge in [-0.1, -0.05) is 35.3 Å². The minimum atomic E-state index is -3.93. The van der Waals surface area contributed by atoms with E-state index in [0.717, 1.165) is 0 Å². The highest BCUT2D eigenvalue weighted by atomic mass is 35.5. The third-order valence-corrected chi connectivity index (χ3v) is 6.07. The van der Waals surface area contributed by atoms with Gasteiger partial charge in [-0.05, 0) is 36.4 Å². The number of benzene rings is 2. The van der Waals surface area contributed by atoms with Gasteiger partial charge in [-0.25, -0.2) is 13.4 Å². The molecule has 2 aromatic carbocycles. The van der Waals surface area contributed by atoms with E-state index in [1.807, 2.05) is 0 Å². The fourth-order valence-electron chi connectivity index (χ4n) is 2.50. The van der Waals surface area contributed by atoms with Gasteiger partial charge >= 0.3 is 0 Å². The van der Waals surface area contributed by atoms with Gasteiger partial charge in [-0.3, -0.25) is 9.36 Å². The second-order valence-corrected chi connectivity index (χ2v) is 8.32. The summed E-state index contributed by atoms with van der Waals surface area (Å²) in [4.78, 5) is 16.5. The standard InChI is InChI=1S/C18H14Cl2N2O4S/c1-26-15-4-2-3-5-16(15)27(24,25)10-14(23)17-18(20)22(11-21-17)13-8-6-12(19)7-9-13/h2-9,11H,10H2,1H3. The van der Waals surface area contributed by atoms with E-state index in [-0.39, 0.29) is 21.5 Å². The van der Waals surface area contributed by atoms with Crippen LogP contribution < -0.4 is 4.74 Å². The number of halogens is 2. The maximum Gasteiger partial charge on any atom is 0.199 e. The summed E-state index contributed by atoms with van der Waals surface area (Å²) in [7, 11) is -2.57. The average molecular weight is 425 g/mol. The number of methoxy groups -OCH3 is 1. The highest BCUT2D eigenvalue weighted by Crippen LogP contribution is 2.26. The van der Waals surface area contributed by atoms with Gasteiger partial charge in [-0.15, -0.1) is 0 Å². The lowest BCUT2D eigenvalue weighted by molar-refractivity contribution is 0.101. The summed E-state index contributed by atoms with van der Waals surface area (Å²) in [5.41, 5.74) is 0.522. The predicted octanol–water partition coefficient (Wildman–Crippen LogP) is 3.84. The molecule has 0 N–H and O–H groups in total. The van der Waals surface area contributed by atoms with Gasteiger partial charge in [0.1, 0.15) is 33.6 Å². The topological polar surface area (TPSA) is 78.3 Å². The van der Waals surface area contributed by atoms with Gasteiger partial charge in [0.25, 0.3) is 0 Å². The number of carbonyl (C=O) groups excluding carboxylic acids is 1. The van der Waals surface area contributed by atoms with Crippen molar-refractivity contribution in [3.63, 3.8) is 0 Å². The number of ether oxygens (including phenoxy) is 1. The Kier molecular flexibility index (Phi) is 5.55. The summed E-state index contributed by atoms with van der Waals surface area (Å²) < 4.78 is 31.8. The normalized spacial score (nSPS) is 11.4. The first kappa shape index (κ1) is 19.4. The number of hydrogen-bond donors (Lipinski definition) is 0. The number of carbonyl (C=O) groups is 1. The number of hydrogen-bond acceptors (Lipinski definition) is 5. The van der Waals surface area contributed by atoms with Crippen LogP contribution in [-0.2, 0) is 9.84 Å². The maximum atomic E-state index is 12.6. The van der Waals surface area contributed by atoms with Crippen LogP contribution >= 0.6 is 23.2 Å². The molecule has 0 unspecified atom stereocenters. The van der Waals surface area contributed by atoms with Crippen molar-refractivity contribution < 1.29 is 17.9 Å². The summed E-state index contributed by atoms with van der Waals surface area (Å²) in [6.07, 6.45) is 1.36. The Bertz CT molecular complexity index is 1090. The molecule has 0 aliphatic carbocycles. The van der Waals surface area contributed by atoms with Gasteiger partial charge in [0.15, 0.2) is 15.6 Å². The zero-order valence-corrected chi connectivity index (χ0v) is 16.4. The van der Waals surface area contributed by atoms with Gasteiger partial charge in [0, 0.05) is 10.7 Å². The monoisotopic (exact) mass is 424 g/mol. The first-order valence-electron chi connectivity index (χ1n) is 7.71. The lowest BCUT2D eigenvalue weighted by Gasteiger charge is -2.08. The zero-order chi connectivity index (χ0) is 19.6. The molecule has 1 heterocycles. The Hall–Kier alpha value is -2.35. The second kappa shape index (κ2) is 7.72. The van der Waals surface area contributed by atoms with Crippen LogP contribution in [0.3, 0.4) is 0 Å². The number of Topliss-reactive ketones (excluding diaryl/α,β-unsaturated/α-hetero) is 1. The van der Waals surface area contributed by atoms with E-state index < -0.39 is 21.4 Å². The Morgan fingerprint density at radius 2 is 1.78 bits per heavy atom. The molecule has 0 fully saturated rings. The number of aromatic nitrogens is 2. The Labute approximate surface area is 166 Å². The molecular formula is C18H14Cl2N2O4S. The molecule has 3 rings (SSSR count). The third kappa shape index (κ3) is 4.00. The first-order chi connectivity index (χ1) is 12.8. The van der Waals surface area contributed by atoms with Gasteiger partial charge in [0.05, 0.1) is 7.11 Å². The molecule has 9 heteroatoms. The van der Waals surface area contributed by atoms with E-state index in [2.05, 4.69) is 4.98 Å². The van der Waals surface area contributed by atoms with Crippen LogP contribution in [0.1, 0.15) is 10.5 Å². The van der Waals surface area contributed by atoms with Crippen LogP contribution in [0.15, 0.2) is 59.8 Å². The molecule has 3 aromatic rings. The van der Waals surface area contributed by atoms with Crippen LogP contribution in [0, 0.1) is 0 Å². The van der Waals surface area contributed by atoms with Crippen molar-refractivity contribution in [3.05, 3.63) is 70.7 Å². The third-order valence-electron chi connectivity index (χ3n) is 3.80. The summed E-state index contributed by atoms with van der Waals surface area (Å²) in [6, 6.07) is 12.8. The summed E-state index contributed by atoms with van der Waals surface area (Å²) in [5, 5.41) is 0.576. The van der Waals surface area contributed by atoms with E-state index in [1.165, 1.54) is 30.1 Å². The molecule has 0 aliphatic heterocycles. The molecule has 0 atom stereocenters. The van der Waals surface area contributed by atoms with E-state index in [4.69, 9.17) is 27.9 Å². The second-order valence-electron chi connectivity index (χ2n) is 5.56. The van der Waals surface area contributed by atoms with E-state index in [9.17, 15) is 13.2 Å². The molecule has 1 aromatic heterocycles. The Morgan fingerprint density at radius 3 is 2.44 bits per heavy atom. The van der Waals surface area contributed by atoms with Crippen molar-refractivity contribution in [1.29, 1.82) is 0 Å². The number of rotatable bonds is 6. The number of ketones is 1. The molecule has 6 nitrogen and oxygen atoms in total. The summed E-state index contributed by atoms with van der Waals surface area (Å²) in [6.45, 7) is 0. The van der Waals surface area contributed by atoms with Crippen molar-refractivity contribution in [2.75, 3.05) is 12.9 Å². The lowest BCUT2D eigenvalue weighted by Crippen LogP contribution is -2.18. The van der Waals surface area contributed by atoms with Crippen molar-refractivity contribution in [2.24, 2.45) is 0 Å². The predicted molar refractivity (Wildman–Crippen MR) is 103 cm³/mol. The molecule has 0 radical (unpaired) electrons. The van der Waals surface area contributed by atoms with Gasteiger partial charge < -0.3 is 4.74 Å². The van der Waals surface area contributed by atoms with Crippen LogP contribution in [-0.4, -0.2) is 36.6 Å². The van der Waals surface area contributed by atoms with E-state index >= 15 is 0 Å². The molecule has 0 saturated heterocycles. The van der Waals surface area contributed by atoms with Crippen LogP contribution in [0.2, 0.25) is 10.2 Å². The highest BCUT2D eigenvalue weighted by molar-refractivity contribution is 7.92. The smallest absolute Gasteiger partial charge is 0.199 e. The molecule has 0 saturated carbocycles. The maximum absolute atomic E-state index is 12.6. The summed E-state index contributed by atoms with van der Waals surface area (Å²) in [5.74, 6) is -1.31. The minimum Gasteiger partial charge on any atom is -0.495 e.